The first-order valence-corrected chi connectivity index (χ1v) is 9.16. The summed E-state index contributed by atoms with van der Waals surface area (Å²) in [5.41, 5.74) is 2.86. The Labute approximate surface area is 136 Å². The van der Waals surface area contributed by atoms with Gasteiger partial charge in [-0.15, -0.1) is 0 Å². The topological polar surface area (TPSA) is 84.1 Å². The van der Waals surface area contributed by atoms with Gasteiger partial charge in [0.15, 0.2) is 0 Å². The van der Waals surface area contributed by atoms with Crippen molar-refractivity contribution in [3.8, 4) is 16.9 Å². The molecule has 1 aliphatic carbocycles. The van der Waals surface area contributed by atoms with Crippen molar-refractivity contribution in [1.29, 1.82) is 0 Å². The summed E-state index contributed by atoms with van der Waals surface area (Å²) in [5.74, 6) is 0.653. The molecule has 1 atom stereocenters. The van der Waals surface area contributed by atoms with E-state index in [1.54, 1.807) is 13.0 Å². The number of benzene rings is 1. The van der Waals surface area contributed by atoms with Crippen molar-refractivity contribution >= 4 is 10.0 Å². The molecule has 0 amide bonds. The Morgan fingerprint density at radius 2 is 2.26 bits per heavy atom. The van der Waals surface area contributed by atoms with Crippen LogP contribution in [0.4, 0.5) is 0 Å². The molecule has 7 heteroatoms. The number of aryl methyl sites for hydroxylation is 1. The monoisotopic (exact) mass is 334 g/mol. The maximum Gasteiger partial charge on any atom is 0.214 e. The lowest BCUT2D eigenvalue weighted by atomic mass is 10.1. The number of rotatable bonds is 7. The van der Waals surface area contributed by atoms with Crippen molar-refractivity contribution in [3.05, 3.63) is 36.2 Å². The lowest BCUT2D eigenvalue weighted by molar-refractivity contribution is 0.287. The maximum absolute atomic E-state index is 11.9. The number of hydrogen-bond donors (Lipinski definition) is 2. The number of H-pyrrole nitrogens is 1. The number of nitrogens with one attached hydrogen (secondary N) is 2. The molecular formula is C16H20N3O3S. The molecule has 3 rings (SSSR count). The van der Waals surface area contributed by atoms with E-state index in [1.165, 1.54) is 0 Å². The second-order valence-electron chi connectivity index (χ2n) is 5.92. The lowest BCUT2D eigenvalue weighted by Crippen LogP contribution is -2.38. The van der Waals surface area contributed by atoms with Crippen LogP contribution in [0.3, 0.4) is 0 Å². The highest BCUT2D eigenvalue weighted by Crippen LogP contribution is 2.28. The number of ether oxygens (including phenoxy) is 1. The molecule has 1 aromatic carbocycles. The molecule has 1 aliphatic rings. The van der Waals surface area contributed by atoms with Gasteiger partial charge in [0.25, 0.3) is 0 Å². The van der Waals surface area contributed by atoms with Crippen LogP contribution < -0.4 is 9.46 Å². The average Bonchev–Trinajstić information content (AvgIpc) is 3.28. The van der Waals surface area contributed by atoms with Gasteiger partial charge in [0.1, 0.15) is 12.4 Å². The van der Waals surface area contributed by atoms with Gasteiger partial charge in [0.2, 0.25) is 10.0 Å². The summed E-state index contributed by atoms with van der Waals surface area (Å²) >= 11 is 0. The first-order valence-electron chi connectivity index (χ1n) is 7.61. The Balaban J connectivity index is 1.61. The van der Waals surface area contributed by atoms with Crippen molar-refractivity contribution < 1.29 is 13.2 Å². The van der Waals surface area contributed by atoms with E-state index in [0.717, 1.165) is 29.7 Å². The first-order chi connectivity index (χ1) is 11.0. The summed E-state index contributed by atoms with van der Waals surface area (Å²) in [5, 5.41) is 6.71. The van der Waals surface area contributed by atoms with Gasteiger partial charge in [-0.25, -0.2) is 13.1 Å². The summed E-state index contributed by atoms with van der Waals surface area (Å²) in [4.78, 5) is 0. The third kappa shape index (κ3) is 3.92. The molecule has 1 heterocycles. The third-order valence-electron chi connectivity index (χ3n) is 3.73. The fourth-order valence-corrected chi connectivity index (χ4v) is 3.93. The van der Waals surface area contributed by atoms with E-state index in [4.69, 9.17) is 4.74 Å². The molecule has 123 valence electrons. The second-order valence-corrected chi connectivity index (χ2v) is 7.91. The van der Waals surface area contributed by atoms with Crippen LogP contribution in [0.5, 0.6) is 5.75 Å². The SMILES string of the molecule is Cc1n[nH]cc1-c1c[c]cc(OC[C@@H](C)NS(=O)(=O)C2CC2)c1. The minimum Gasteiger partial charge on any atom is -0.492 e. The molecule has 0 aliphatic heterocycles. The molecule has 6 nitrogen and oxygen atoms in total. The van der Waals surface area contributed by atoms with E-state index in [2.05, 4.69) is 21.0 Å². The Hall–Kier alpha value is -1.86. The van der Waals surface area contributed by atoms with Crippen LogP contribution in [0, 0.1) is 13.0 Å². The van der Waals surface area contributed by atoms with E-state index in [1.807, 2.05) is 25.3 Å². The molecule has 2 aromatic rings. The minimum atomic E-state index is -3.19. The minimum absolute atomic E-state index is 0.217. The zero-order valence-corrected chi connectivity index (χ0v) is 14.0. The number of sulfonamides is 1. The molecule has 0 saturated heterocycles. The van der Waals surface area contributed by atoms with E-state index >= 15 is 0 Å². The van der Waals surface area contributed by atoms with Crippen molar-refractivity contribution in [2.75, 3.05) is 6.61 Å². The van der Waals surface area contributed by atoms with Gasteiger partial charge in [0, 0.05) is 11.8 Å². The van der Waals surface area contributed by atoms with Crippen LogP contribution >= 0.6 is 0 Å². The van der Waals surface area contributed by atoms with Gasteiger partial charge < -0.3 is 4.74 Å². The smallest absolute Gasteiger partial charge is 0.214 e. The first kappa shape index (κ1) is 16.0. The van der Waals surface area contributed by atoms with Crippen LogP contribution in [-0.2, 0) is 10.0 Å². The van der Waals surface area contributed by atoms with Gasteiger partial charge in [0.05, 0.1) is 17.0 Å². The van der Waals surface area contributed by atoms with Gasteiger partial charge in [-0.1, -0.05) is 0 Å². The zero-order chi connectivity index (χ0) is 16.4. The largest absolute Gasteiger partial charge is 0.492 e. The van der Waals surface area contributed by atoms with Gasteiger partial charge >= 0.3 is 0 Å². The number of aromatic nitrogens is 2. The molecule has 1 saturated carbocycles. The normalized spacial score (nSPS) is 16.3. The van der Waals surface area contributed by atoms with Gasteiger partial charge in [-0.2, -0.15) is 5.10 Å². The summed E-state index contributed by atoms with van der Waals surface area (Å²) in [6.45, 7) is 4.00. The molecule has 0 spiro atoms. The fraction of sp³-hybridized carbons (Fsp3) is 0.438. The predicted molar refractivity (Wildman–Crippen MR) is 87.6 cm³/mol. The highest BCUT2D eigenvalue weighted by molar-refractivity contribution is 7.90. The van der Waals surface area contributed by atoms with E-state index in [-0.39, 0.29) is 17.9 Å². The summed E-state index contributed by atoms with van der Waals surface area (Å²) in [6.07, 6.45) is 3.34. The number of hydrogen-bond acceptors (Lipinski definition) is 4. The summed E-state index contributed by atoms with van der Waals surface area (Å²) < 4.78 is 32.1. The number of nitrogens with zero attached hydrogens (tertiary/aromatic N) is 1. The molecule has 0 unspecified atom stereocenters. The van der Waals surface area contributed by atoms with Crippen molar-refractivity contribution in [2.45, 2.75) is 38.0 Å². The summed E-state index contributed by atoms with van der Waals surface area (Å²) in [6, 6.07) is 8.26. The van der Waals surface area contributed by atoms with Gasteiger partial charge in [-0.3, -0.25) is 5.10 Å². The van der Waals surface area contributed by atoms with E-state index in [9.17, 15) is 8.42 Å². The molecule has 1 fully saturated rings. The third-order valence-corrected chi connectivity index (χ3v) is 5.81. The zero-order valence-electron chi connectivity index (χ0n) is 13.2. The van der Waals surface area contributed by atoms with E-state index in [0.29, 0.717) is 5.75 Å². The second kappa shape index (κ2) is 6.33. The standard InChI is InChI=1S/C16H20N3O3S/c1-11(19-23(20,21)15-6-7-15)10-22-14-5-3-4-13(8-14)16-9-17-18-12(16)2/h4-5,8-9,11,15,19H,6-7,10H2,1-2H3,(H,17,18)/t11-/m1/s1. The number of aromatic amines is 1. The Kier molecular flexibility index (Phi) is 4.41. The van der Waals surface area contributed by atoms with Crippen LogP contribution in [0.25, 0.3) is 11.1 Å². The Morgan fingerprint density at radius 1 is 1.48 bits per heavy atom. The molecule has 23 heavy (non-hydrogen) atoms. The van der Waals surface area contributed by atoms with Crippen molar-refractivity contribution in [3.63, 3.8) is 0 Å². The van der Waals surface area contributed by atoms with Crippen LogP contribution in [0.2, 0.25) is 0 Å². The Morgan fingerprint density at radius 3 is 2.91 bits per heavy atom. The summed E-state index contributed by atoms with van der Waals surface area (Å²) in [7, 11) is -3.19. The van der Waals surface area contributed by atoms with Crippen molar-refractivity contribution in [2.24, 2.45) is 0 Å². The lowest BCUT2D eigenvalue weighted by Gasteiger charge is -2.15. The van der Waals surface area contributed by atoms with Crippen LogP contribution in [0.1, 0.15) is 25.5 Å². The maximum atomic E-state index is 11.9. The highest BCUT2D eigenvalue weighted by Gasteiger charge is 2.36. The molecular weight excluding hydrogens is 314 g/mol. The Bertz CT molecular complexity index is 781. The van der Waals surface area contributed by atoms with Crippen LogP contribution in [0.15, 0.2) is 24.4 Å². The van der Waals surface area contributed by atoms with Crippen molar-refractivity contribution in [1.82, 2.24) is 14.9 Å². The molecule has 1 aromatic heterocycles. The highest BCUT2D eigenvalue weighted by atomic mass is 32.2. The predicted octanol–water partition coefficient (Wildman–Crippen LogP) is 2.03. The van der Waals surface area contributed by atoms with E-state index < -0.39 is 10.0 Å². The quantitative estimate of drug-likeness (QED) is 0.811. The fourth-order valence-electron chi connectivity index (χ4n) is 2.35. The molecule has 2 N–H and O–H groups in total. The van der Waals surface area contributed by atoms with Crippen LogP contribution in [-0.4, -0.2) is 36.5 Å². The molecule has 0 bridgehead atoms. The average molecular weight is 334 g/mol. The molecule has 1 radical (unpaired) electrons. The van der Waals surface area contributed by atoms with Gasteiger partial charge in [-0.05, 0) is 56.5 Å².